The lowest BCUT2D eigenvalue weighted by molar-refractivity contribution is 0.268. The molecule has 19 heavy (non-hydrogen) atoms. The van der Waals surface area contributed by atoms with Crippen LogP contribution in [0.4, 0.5) is 0 Å². The minimum absolute atomic E-state index is 0.481. The molecule has 0 unspecified atom stereocenters. The van der Waals surface area contributed by atoms with E-state index in [0.29, 0.717) is 11.7 Å². The monoisotopic (exact) mass is 260 g/mol. The van der Waals surface area contributed by atoms with E-state index in [-0.39, 0.29) is 0 Å². The Morgan fingerprint density at radius 1 is 1.26 bits per heavy atom. The molecule has 0 bridgehead atoms. The van der Waals surface area contributed by atoms with Crippen LogP contribution in [0, 0.1) is 13.8 Å². The second kappa shape index (κ2) is 5.09. The lowest BCUT2D eigenvalue weighted by atomic mass is 9.94. The van der Waals surface area contributed by atoms with Crippen LogP contribution in [0.3, 0.4) is 0 Å². The van der Waals surface area contributed by atoms with Gasteiger partial charge in [0.15, 0.2) is 0 Å². The largest absolute Gasteiger partial charge is 0.337 e. The summed E-state index contributed by atoms with van der Waals surface area (Å²) in [5.74, 6) is 0.985. The van der Waals surface area contributed by atoms with Crippen LogP contribution in [0.15, 0.2) is 16.8 Å². The number of rotatable bonds is 4. The lowest BCUT2D eigenvalue weighted by Gasteiger charge is -2.20. The van der Waals surface area contributed by atoms with Crippen molar-refractivity contribution < 1.29 is 4.52 Å². The molecule has 0 spiro atoms. The van der Waals surface area contributed by atoms with Crippen LogP contribution in [-0.2, 0) is 5.54 Å². The Morgan fingerprint density at radius 3 is 2.53 bits per heavy atom. The van der Waals surface area contributed by atoms with Crippen LogP contribution in [-0.4, -0.2) is 15.1 Å². The molecule has 0 amide bonds. The summed E-state index contributed by atoms with van der Waals surface area (Å²) >= 11 is 0. The van der Waals surface area contributed by atoms with Crippen molar-refractivity contribution in [2.45, 2.75) is 46.1 Å². The molecular weight excluding hydrogens is 240 g/mol. The SMILES string of the molecule is CCC(N)(CC)c1nc(-c2ncc(C)cc2C)no1. The fraction of sp³-hybridized carbons (Fsp3) is 0.500. The van der Waals surface area contributed by atoms with Crippen molar-refractivity contribution in [3.8, 4) is 11.5 Å². The average Bonchev–Trinajstić information content (AvgIpc) is 2.88. The molecular formula is C14H20N4O. The summed E-state index contributed by atoms with van der Waals surface area (Å²) in [4.78, 5) is 8.79. The van der Waals surface area contributed by atoms with Gasteiger partial charge < -0.3 is 10.3 Å². The Kier molecular flexibility index (Phi) is 3.66. The summed E-state index contributed by atoms with van der Waals surface area (Å²) < 4.78 is 5.33. The summed E-state index contributed by atoms with van der Waals surface area (Å²) in [6.07, 6.45) is 3.31. The zero-order chi connectivity index (χ0) is 14.0. The van der Waals surface area contributed by atoms with Crippen molar-refractivity contribution in [1.29, 1.82) is 0 Å². The van der Waals surface area contributed by atoms with Crippen molar-refractivity contribution in [3.05, 3.63) is 29.3 Å². The minimum atomic E-state index is -0.552. The predicted octanol–water partition coefficient (Wildman–Crippen LogP) is 2.72. The first kappa shape index (κ1) is 13.7. The number of aryl methyl sites for hydroxylation is 2. The standard InChI is InChI=1S/C14H20N4O/c1-5-14(15,6-2)13-17-12(18-19-13)11-10(4)7-9(3)8-16-11/h7-8H,5-6,15H2,1-4H3. The molecule has 2 aromatic heterocycles. The first-order chi connectivity index (χ1) is 9.00. The van der Waals surface area contributed by atoms with Gasteiger partial charge in [0.2, 0.25) is 11.7 Å². The number of nitrogens with two attached hydrogens (primary N) is 1. The maximum Gasteiger partial charge on any atom is 0.247 e. The van der Waals surface area contributed by atoms with Gasteiger partial charge in [-0.15, -0.1) is 0 Å². The number of hydrogen-bond acceptors (Lipinski definition) is 5. The molecule has 2 aromatic rings. The molecule has 2 N–H and O–H groups in total. The van der Waals surface area contributed by atoms with Crippen LogP contribution in [0.1, 0.15) is 43.7 Å². The maximum absolute atomic E-state index is 6.25. The smallest absolute Gasteiger partial charge is 0.247 e. The lowest BCUT2D eigenvalue weighted by Crippen LogP contribution is -2.35. The van der Waals surface area contributed by atoms with Crippen molar-refractivity contribution in [3.63, 3.8) is 0 Å². The van der Waals surface area contributed by atoms with Crippen LogP contribution in [0.25, 0.3) is 11.5 Å². The molecule has 0 aliphatic rings. The minimum Gasteiger partial charge on any atom is -0.337 e. The van der Waals surface area contributed by atoms with E-state index in [1.807, 2.05) is 33.8 Å². The van der Waals surface area contributed by atoms with Gasteiger partial charge in [0.1, 0.15) is 5.69 Å². The molecule has 102 valence electrons. The summed E-state index contributed by atoms with van der Waals surface area (Å²) in [5, 5.41) is 4.01. The number of aromatic nitrogens is 3. The summed E-state index contributed by atoms with van der Waals surface area (Å²) in [6, 6.07) is 2.05. The zero-order valence-electron chi connectivity index (χ0n) is 11.9. The van der Waals surface area contributed by atoms with Crippen molar-refractivity contribution in [1.82, 2.24) is 15.1 Å². The quantitative estimate of drug-likeness (QED) is 0.914. The van der Waals surface area contributed by atoms with Gasteiger partial charge >= 0.3 is 0 Å². The molecule has 0 saturated carbocycles. The van der Waals surface area contributed by atoms with Gasteiger partial charge in [0, 0.05) is 6.20 Å². The molecule has 0 aliphatic heterocycles. The van der Waals surface area contributed by atoms with Crippen LogP contribution in [0.5, 0.6) is 0 Å². The molecule has 0 aromatic carbocycles. The fourth-order valence-electron chi connectivity index (χ4n) is 2.02. The van der Waals surface area contributed by atoms with E-state index < -0.39 is 5.54 Å². The predicted molar refractivity (Wildman–Crippen MR) is 73.5 cm³/mol. The Balaban J connectivity index is 2.41. The highest BCUT2D eigenvalue weighted by atomic mass is 16.5. The van der Waals surface area contributed by atoms with E-state index in [1.165, 1.54) is 0 Å². The topological polar surface area (TPSA) is 77.8 Å². The Bertz CT molecular complexity index is 573. The number of pyridine rings is 1. The van der Waals surface area contributed by atoms with E-state index in [1.54, 1.807) is 6.20 Å². The molecule has 2 rings (SSSR count). The molecule has 2 heterocycles. The van der Waals surface area contributed by atoms with E-state index in [0.717, 1.165) is 29.7 Å². The second-order valence-corrected chi connectivity index (χ2v) is 4.96. The Hall–Kier alpha value is -1.75. The highest BCUT2D eigenvalue weighted by Crippen LogP contribution is 2.26. The third kappa shape index (κ3) is 2.51. The van der Waals surface area contributed by atoms with Gasteiger partial charge in [0.05, 0.1) is 5.54 Å². The van der Waals surface area contributed by atoms with Gasteiger partial charge in [0.25, 0.3) is 0 Å². The van der Waals surface area contributed by atoms with Gasteiger partial charge in [-0.05, 0) is 37.8 Å². The summed E-state index contributed by atoms with van der Waals surface area (Å²) in [7, 11) is 0. The fourth-order valence-corrected chi connectivity index (χ4v) is 2.02. The third-order valence-corrected chi connectivity index (χ3v) is 3.54. The summed E-state index contributed by atoms with van der Waals surface area (Å²) in [6.45, 7) is 8.02. The third-order valence-electron chi connectivity index (χ3n) is 3.54. The number of hydrogen-bond donors (Lipinski definition) is 1. The van der Waals surface area contributed by atoms with Crippen LogP contribution in [0.2, 0.25) is 0 Å². The van der Waals surface area contributed by atoms with Gasteiger partial charge in [-0.25, -0.2) is 0 Å². The van der Waals surface area contributed by atoms with E-state index in [4.69, 9.17) is 10.3 Å². The molecule has 5 heteroatoms. The van der Waals surface area contributed by atoms with Crippen molar-refractivity contribution in [2.24, 2.45) is 5.73 Å². The normalized spacial score (nSPS) is 11.8. The van der Waals surface area contributed by atoms with Gasteiger partial charge in [-0.1, -0.05) is 25.1 Å². The molecule has 0 fully saturated rings. The Labute approximate surface area is 113 Å². The summed E-state index contributed by atoms with van der Waals surface area (Å²) in [5.41, 5.74) is 8.59. The number of nitrogens with zero attached hydrogens (tertiary/aromatic N) is 3. The van der Waals surface area contributed by atoms with E-state index in [9.17, 15) is 0 Å². The molecule has 0 atom stereocenters. The first-order valence-electron chi connectivity index (χ1n) is 6.57. The van der Waals surface area contributed by atoms with Gasteiger partial charge in [-0.2, -0.15) is 4.98 Å². The van der Waals surface area contributed by atoms with Gasteiger partial charge in [-0.3, -0.25) is 4.98 Å². The van der Waals surface area contributed by atoms with Crippen LogP contribution >= 0.6 is 0 Å². The zero-order valence-corrected chi connectivity index (χ0v) is 11.9. The highest BCUT2D eigenvalue weighted by molar-refractivity contribution is 5.54. The van der Waals surface area contributed by atoms with E-state index in [2.05, 4.69) is 15.1 Å². The van der Waals surface area contributed by atoms with Crippen molar-refractivity contribution >= 4 is 0 Å². The average molecular weight is 260 g/mol. The van der Waals surface area contributed by atoms with Crippen molar-refractivity contribution in [2.75, 3.05) is 0 Å². The van der Waals surface area contributed by atoms with E-state index >= 15 is 0 Å². The molecule has 0 saturated heterocycles. The maximum atomic E-state index is 6.25. The molecule has 0 radical (unpaired) electrons. The highest BCUT2D eigenvalue weighted by Gasteiger charge is 2.30. The Morgan fingerprint density at radius 2 is 1.95 bits per heavy atom. The first-order valence-corrected chi connectivity index (χ1v) is 6.57. The molecule has 0 aliphatic carbocycles. The molecule has 5 nitrogen and oxygen atoms in total. The van der Waals surface area contributed by atoms with Crippen LogP contribution < -0.4 is 5.73 Å². The second-order valence-electron chi connectivity index (χ2n) is 4.96.